The zero-order chi connectivity index (χ0) is 12.8. The van der Waals surface area contributed by atoms with Crippen molar-refractivity contribution < 1.29 is 14.1 Å². The SMILES string of the molecule is CCS(=O)CCNc1ncc(N)cc1C(=O)O. The van der Waals surface area contributed by atoms with Crippen LogP contribution in [0.1, 0.15) is 17.3 Å². The van der Waals surface area contributed by atoms with Crippen molar-refractivity contribution in [1.29, 1.82) is 0 Å². The maximum Gasteiger partial charge on any atom is 0.339 e. The van der Waals surface area contributed by atoms with E-state index in [1.807, 2.05) is 6.92 Å². The second kappa shape index (κ2) is 6.19. The molecule has 4 N–H and O–H groups in total. The summed E-state index contributed by atoms with van der Waals surface area (Å²) in [5.41, 5.74) is 5.78. The average Bonchev–Trinajstić information content (AvgIpc) is 2.30. The zero-order valence-electron chi connectivity index (χ0n) is 9.47. The van der Waals surface area contributed by atoms with Gasteiger partial charge >= 0.3 is 5.97 Å². The molecule has 1 rings (SSSR count). The van der Waals surface area contributed by atoms with Crippen LogP contribution in [-0.2, 0) is 10.8 Å². The first-order valence-corrected chi connectivity index (χ1v) is 6.61. The van der Waals surface area contributed by atoms with Crippen molar-refractivity contribution >= 4 is 28.3 Å². The molecule has 1 aromatic rings. The summed E-state index contributed by atoms with van der Waals surface area (Å²) in [6.07, 6.45) is 1.38. The van der Waals surface area contributed by atoms with Crippen LogP contribution in [0.3, 0.4) is 0 Å². The predicted octanol–water partition coefficient (Wildman–Crippen LogP) is 0.542. The van der Waals surface area contributed by atoms with Crippen molar-refractivity contribution in [3.63, 3.8) is 0 Å². The predicted molar refractivity (Wildman–Crippen MR) is 67.6 cm³/mol. The van der Waals surface area contributed by atoms with Gasteiger partial charge in [0.05, 0.1) is 11.9 Å². The number of nitrogens with zero attached hydrogens (tertiary/aromatic N) is 1. The first-order chi connectivity index (χ1) is 8.04. The number of carbonyl (C=O) groups is 1. The highest BCUT2D eigenvalue weighted by molar-refractivity contribution is 7.84. The molecule has 1 unspecified atom stereocenters. The molecule has 1 aromatic heterocycles. The topological polar surface area (TPSA) is 105 Å². The molecule has 94 valence electrons. The van der Waals surface area contributed by atoms with Crippen molar-refractivity contribution in [2.45, 2.75) is 6.92 Å². The molecule has 0 aliphatic heterocycles. The number of pyridine rings is 1. The quantitative estimate of drug-likeness (QED) is 0.687. The fourth-order valence-corrected chi connectivity index (χ4v) is 1.83. The molecule has 0 radical (unpaired) electrons. The summed E-state index contributed by atoms with van der Waals surface area (Å²) in [5.74, 6) is 0.202. The minimum atomic E-state index is -1.09. The molecule has 0 saturated carbocycles. The molecular formula is C10H15N3O3S. The van der Waals surface area contributed by atoms with E-state index in [9.17, 15) is 9.00 Å². The van der Waals surface area contributed by atoms with E-state index >= 15 is 0 Å². The van der Waals surface area contributed by atoms with E-state index in [-0.39, 0.29) is 11.4 Å². The Balaban J connectivity index is 2.70. The van der Waals surface area contributed by atoms with Gasteiger partial charge in [-0.25, -0.2) is 9.78 Å². The van der Waals surface area contributed by atoms with Gasteiger partial charge in [0.25, 0.3) is 0 Å². The van der Waals surface area contributed by atoms with E-state index in [4.69, 9.17) is 10.8 Å². The van der Waals surface area contributed by atoms with Crippen molar-refractivity contribution in [3.05, 3.63) is 17.8 Å². The first kappa shape index (κ1) is 13.4. The van der Waals surface area contributed by atoms with E-state index in [1.54, 1.807) is 0 Å². The van der Waals surface area contributed by atoms with Gasteiger partial charge < -0.3 is 16.2 Å². The van der Waals surface area contributed by atoms with Crippen LogP contribution in [0.4, 0.5) is 11.5 Å². The summed E-state index contributed by atoms with van der Waals surface area (Å²) >= 11 is 0. The Hall–Kier alpha value is -1.63. The number of rotatable bonds is 6. The van der Waals surface area contributed by atoms with Crippen molar-refractivity contribution in [3.8, 4) is 0 Å². The van der Waals surface area contributed by atoms with Gasteiger partial charge in [-0.2, -0.15) is 0 Å². The van der Waals surface area contributed by atoms with Crippen LogP contribution in [0.5, 0.6) is 0 Å². The second-order valence-electron chi connectivity index (χ2n) is 3.33. The summed E-state index contributed by atoms with van der Waals surface area (Å²) in [5, 5.41) is 11.8. The zero-order valence-corrected chi connectivity index (χ0v) is 10.3. The Labute approximate surface area is 102 Å². The maximum atomic E-state index is 11.2. The fraction of sp³-hybridized carbons (Fsp3) is 0.400. The van der Waals surface area contributed by atoms with Gasteiger partial charge in [0.15, 0.2) is 0 Å². The van der Waals surface area contributed by atoms with Gasteiger partial charge in [0.1, 0.15) is 11.4 Å². The van der Waals surface area contributed by atoms with Crippen molar-refractivity contribution in [2.24, 2.45) is 0 Å². The van der Waals surface area contributed by atoms with Crippen LogP contribution >= 0.6 is 0 Å². The number of aromatic carboxylic acids is 1. The highest BCUT2D eigenvalue weighted by Crippen LogP contribution is 2.15. The van der Waals surface area contributed by atoms with Crippen molar-refractivity contribution in [1.82, 2.24) is 4.98 Å². The van der Waals surface area contributed by atoms with Gasteiger partial charge in [0, 0.05) is 28.9 Å². The number of anilines is 2. The highest BCUT2D eigenvalue weighted by Gasteiger charge is 2.11. The van der Waals surface area contributed by atoms with Gasteiger partial charge in [-0.05, 0) is 6.07 Å². The van der Waals surface area contributed by atoms with Crippen LogP contribution in [0.2, 0.25) is 0 Å². The fourth-order valence-electron chi connectivity index (χ4n) is 1.21. The van der Waals surface area contributed by atoms with E-state index in [0.29, 0.717) is 23.7 Å². The molecular weight excluding hydrogens is 242 g/mol. The molecule has 0 fully saturated rings. The lowest BCUT2D eigenvalue weighted by Crippen LogP contribution is -2.15. The van der Waals surface area contributed by atoms with Crippen molar-refractivity contribution in [2.75, 3.05) is 29.1 Å². The van der Waals surface area contributed by atoms with Crippen LogP contribution < -0.4 is 11.1 Å². The number of hydrogen-bond donors (Lipinski definition) is 3. The summed E-state index contributed by atoms with van der Waals surface area (Å²) in [7, 11) is -0.885. The molecule has 0 bridgehead atoms. The minimum absolute atomic E-state index is 0.0206. The molecule has 7 heteroatoms. The molecule has 1 heterocycles. The Bertz CT molecular complexity index is 437. The molecule has 0 aliphatic rings. The van der Waals surface area contributed by atoms with Gasteiger partial charge in [-0.3, -0.25) is 4.21 Å². The third-order valence-electron chi connectivity index (χ3n) is 2.08. The lowest BCUT2D eigenvalue weighted by molar-refractivity contribution is 0.0697. The Kier molecular flexibility index (Phi) is 4.89. The first-order valence-electron chi connectivity index (χ1n) is 5.12. The largest absolute Gasteiger partial charge is 0.478 e. The molecule has 0 amide bonds. The number of hydrogen-bond acceptors (Lipinski definition) is 5. The molecule has 0 aliphatic carbocycles. The summed E-state index contributed by atoms with van der Waals surface area (Å²) in [6.45, 7) is 2.25. The van der Waals surface area contributed by atoms with E-state index in [0.717, 1.165) is 0 Å². The summed E-state index contributed by atoms with van der Waals surface area (Å²) < 4.78 is 11.2. The van der Waals surface area contributed by atoms with Gasteiger partial charge in [-0.1, -0.05) is 6.92 Å². The molecule has 17 heavy (non-hydrogen) atoms. The molecule has 1 atom stereocenters. The van der Waals surface area contributed by atoms with Crippen LogP contribution in [-0.4, -0.2) is 38.3 Å². The standard InChI is InChI=1S/C10H15N3O3S/c1-2-17(16)4-3-12-9-8(10(14)15)5-7(11)6-13-9/h5-6H,2-4,11H2,1H3,(H,12,13)(H,14,15). The van der Waals surface area contributed by atoms with E-state index in [1.165, 1.54) is 12.3 Å². The third kappa shape index (κ3) is 4.03. The molecule has 0 aromatic carbocycles. The van der Waals surface area contributed by atoms with E-state index in [2.05, 4.69) is 10.3 Å². The Morgan fingerprint density at radius 1 is 1.65 bits per heavy atom. The normalized spacial score (nSPS) is 12.1. The summed E-state index contributed by atoms with van der Waals surface area (Å²) in [6, 6.07) is 1.34. The number of nitrogens with one attached hydrogen (secondary N) is 1. The number of nitrogen functional groups attached to an aromatic ring is 1. The second-order valence-corrected chi connectivity index (χ2v) is 5.19. The van der Waals surface area contributed by atoms with Crippen LogP contribution in [0.25, 0.3) is 0 Å². The van der Waals surface area contributed by atoms with Gasteiger partial charge in [0.2, 0.25) is 0 Å². The number of aromatic nitrogens is 1. The number of carboxylic acids is 1. The maximum absolute atomic E-state index is 11.2. The number of nitrogens with two attached hydrogens (primary N) is 1. The lowest BCUT2D eigenvalue weighted by Gasteiger charge is -2.08. The van der Waals surface area contributed by atoms with E-state index < -0.39 is 16.8 Å². The minimum Gasteiger partial charge on any atom is -0.478 e. The third-order valence-corrected chi connectivity index (χ3v) is 3.39. The molecule has 0 spiro atoms. The smallest absolute Gasteiger partial charge is 0.339 e. The lowest BCUT2D eigenvalue weighted by atomic mass is 10.2. The van der Waals surface area contributed by atoms with Gasteiger partial charge in [-0.15, -0.1) is 0 Å². The Morgan fingerprint density at radius 2 is 2.35 bits per heavy atom. The van der Waals surface area contributed by atoms with Crippen LogP contribution in [0, 0.1) is 0 Å². The van der Waals surface area contributed by atoms with Crippen LogP contribution in [0.15, 0.2) is 12.3 Å². The highest BCUT2D eigenvalue weighted by atomic mass is 32.2. The Morgan fingerprint density at radius 3 is 2.94 bits per heavy atom. The summed E-state index contributed by atoms with van der Waals surface area (Å²) in [4.78, 5) is 14.8. The molecule has 6 nitrogen and oxygen atoms in total. The monoisotopic (exact) mass is 257 g/mol. The molecule has 0 saturated heterocycles. The number of carboxylic acid groups (broad SMARTS) is 1. The average molecular weight is 257 g/mol.